The Labute approximate surface area is 103 Å². The van der Waals surface area contributed by atoms with Crippen LogP contribution in [0.5, 0.6) is 0 Å². The number of carbonyl (C=O) groups excluding carboxylic acids is 1. The van der Waals surface area contributed by atoms with Crippen LogP contribution in [0.4, 0.5) is 5.69 Å². The Bertz CT molecular complexity index is 368. The lowest BCUT2D eigenvalue weighted by Crippen LogP contribution is -2.42. The largest absolute Gasteiger partial charge is 0.399 e. The van der Waals surface area contributed by atoms with Gasteiger partial charge in [-0.1, -0.05) is 19.1 Å². The molecule has 3 heteroatoms. The van der Waals surface area contributed by atoms with Gasteiger partial charge in [-0.2, -0.15) is 0 Å². The van der Waals surface area contributed by atoms with E-state index in [0.717, 1.165) is 24.1 Å². The van der Waals surface area contributed by atoms with Crippen molar-refractivity contribution in [3.8, 4) is 0 Å². The molecule has 17 heavy (non-hydrogen) atoms. The molecule has 0 aliphatic heterocycles. The first-order valence-electron chi connectivity index (χ1n) is 6.08. The number of nitrogens with two attached hydrogens (primary N) is 1. The molecule has 0 aliphatic rings. The van der Waals surface area contributed by atoms with E-state index in [1.54, 1.807) is 0 Å². The summed E-state index contributed by atoms with van der Waals surface area (Å²) in [6.45, 7) is 6.14. The van der Waals surface area contributed by atoms with E-state index in [1.807, 2.05) is 38.1 Å². The molecule has 0 atom stereocenters. The van der Waals surface area contributed by atoms with Crippen LogP contribution in [0.1, 0.15) is 39.2 Å². The van der Waals surface area contributed by atoms with Crippen molar-refractivity contribution < 1.29 is 4.79 Å². The van der Waals surface area contributed by atoms with Crippen LogP contribution in [0.15, 0.2) is 24.3 Å². The van der Waals surface area contributed by atoms with Crippen molar-refractivity contribution in [2.24, 2.45) is 0 Å². The van der Waals surface area contributed by atoms with Crippen molar-refractivity contribution in [3.05, 3.63) is 29.8 Å². The smallest absolute Gasteiger partial charge is 0.220 e. The summed E-state index contributed by atoms with van der Waals surface area (Å²) >= 11 is 0. The Morgan fingerprint density at radius 3 is 2.41 bits per heavy atom. The molecule has 1 aromatic carbocycles. The van der Waals surface area contributed by atoms with E-state index >= 15 is 0 Å². The summed E-state index contributed by atoms with van der Waals surface area (Å²) in [7, 11) is 0. The molecule has 3 nitrogen and oxygen atoms in total. The lowest BCUT2D eigenvalue weighted by atomic mass is 10.0. The van der Waals surface area contributed by atoms with Crippen LogP contribution in [0.2, 0.25) is 0 Å². The van der Waals surface area contributed by atoms with Crippen LogP contribution in [-0.2, 0) is 11.2 Å². The quantitative estimate of drug-likeness (QED) is 0.769. The summed E-state index contributed by atoms with van der Waals surface area (Å²) in [5.41, 5.74) is 7.39. The topological polar surface area (TPSA) is 55.1 Å². The van der Waals surface area contributed by atoms with Crippen molar-refractivity contribution in [1.29, 1.82) is 0 Å². The van der Waals surface area contributed by atoms with Gasteiger partial charge < -0.3 is 11.1 Å². The minimum Gasteiger partial charge on any atom is -0.399 e. The summed E-state index contributed by atoms with van der Waals surface area (Å²) in [6, 6.07) is 7.66. The predicted octanol–water partition coefficient (Wildman–Crippen LogP) is 2.51. The SMILES string of the molecule is CCC(C)(C)NC(=O)CCc1ccc(N)cc1. The molecule has 0 fully saturated rings. The van der Waals surface area contributed by atoms with Crippen LogP contribution in [0.3, 0.4) is 0 Å². The molecule has 0 aromatic heterocycles. The van der Waals surface area contributed by atoms with Crippen molar-refractivity contribution in [1.82, 2.24) is 5.32 Å². The van der Waals surface area contributed by atoms with E-state index in [9.17, 15) is 4.79 Å². The number of nitrogen functional groups attached to an aromatic ring is 1. The Morgan fingerprint density at radius 1 is 1.29 bits per heavy atom. The number of carbonyl (C=O) groups is 1. The first-order valence-corrected chi connectivity index (χ1v) is 6.08. The number of anilines is 1. The molecule has 1 aromatic rings. The fourth-order valence-corrected chi connectivity index (χ4v) is 1.47. The molecule has 0 saturated carbocycles. The van der Waals surface area contributed by atoms with Crippen LogP contribution in [0.25, 0.3) is 0 Å². The molecule has 0 saturated heterocycles. The first kappa shape index (κ1) is 13.6. The molecule has 0 unspecified atom stereocenters. The van der Waals surface area contributed by atoms with Crippen LogP contribution >= 0.6 is 0 Å². The molecular formula is C14H22N2O. The van der Waals surface area contributed by atoms with Gasteiger partial charge in [-0.15, -0.1) is 0 Å². The zero-order chi connectivity index (χ0) is 12.9. The maximum absolute atomic E-state index is 11.7. The Hall–Kier alpha value is -1.51. The second-order valence-electron chi connectivity index (χ2n) is 5.03. The van der Waals surface area contributed by atoms with E-state index in [1.165, 1.54) is 0 Å². The Kier molecular flexibility index (Phi) is 4.55. The average molecular weight is 234 g/mol. The molecular weight excluding hydrogens is 212 g/mol. The lowest BCUT2D eigenvalue weighted by molar-refractivity contribution is -0.122. The van der Waals surface area contributed by atoms with Crippen LogP contribution in [0, 0.1) is 0 Å². The highest BCUT2D eigenvalue weighted by Crippen LogP contribution is 2.10. The molecule has 0 heterocycles. The van der Waals surface area contributed by atoms with Crippen LogP contribution in [-0.4, -0.2) is 11.4 Å². The molecule has 94 valence electrons. The first-order chi connectivity index (χ1) is 7.93. The van der Waals surface area contributed by atoms with Crippen LogP contribution < -0.4 is 11.1 Å². The fraction of sp³-hybridized carbons (Fsp3) is 0.500. The monoisotopic (exact) mass is 234 g/mol. The number of amides is 1. The van der Waals surface area contributed by atoms with Gasteiger partial charge in [-0.25, -0.2) is 0 Å². The molecule has 0 aliphatic carbocycles. The highest BCUT2D eigenvalue weighted by molar-refractivity contribution is 5.76. The van der Waals surface area contributed by atoms with E-state index in [4.69, 9.17) is 5.73 Å². The van der Waals surface area contributed by atoms with E-state index in [-0.39, 0.29) is 11.4 Å². The summed E-state index contributed by atoms with van der Waals surface area (Å²) in [5, 5.41) is 3.02. The third-order valence-electron chi connectivity index (χ3n) is 2.98. The number of benzene rings is 1. The number of hydrogen-bond donors (Lipinski definition) is 2. The minimum absolute atomic E-state index is 0.105. The van der Waals surface area contributed by atoms with Gasteiger partial charge in [0.15, 0.2) is 0 Å². The summed E-state index contributed by atoms with van der Waals surface area (Å²) in [6.07, 6.45) is 2.21. The normalized spacial score (nSPS) is 11.2. The second kappa shape index (κ2) is 5.71. The molecule has 0 bridgehead atoms. The van der Waals surface area contributed by atoms with E-state index in [2.05, 4.69) is 12.2 Å². The van der Waals surface area contributed by atoms with Gasteiger partial charge in [-0.3, -0.25) is 4.79 Å². The van der Waals surface area contributed by atoms with Gasteiger partial charge in [0.1, 0.15) is 0 Å². The van der Waals surface area contributed by atoms with Crippen molar-refractivity contribution in [3.63, 3.8) is 0 Å². The molecule has 0 radical (unpaired) electrons. The lowest BCUT2D eigenvalue weighted by Gasteiger charge is -2.24. The summed E-state index contributed by atoms with van der Waals surface area (Å²) in [5.74, 6) is 0.105. The van der Waals surface area contributed by atoms with Gasteiger partial charge in [0, 0.05) is 17.6 Å². The van der Waals surface area contributed by atoms with E-state index in [0.29, 0.717) is 6.42 Å². The maximum atomic E-state index is 11.7. The van der Waals surface area contributed by atoms with Crippen molar-refractivity contribution >= 4 is 11.6 Å². The highest BCUT2D eigenvalue weighted by Gasteiger charge is 2.17. The Morgan fingerprint density at radius 2 is 1.88 bits per heavy atom. The number of aryl methyl sites for hydroxylation is 1. The van der Waals surface area contributed by atoms with Crippen molar-refractivity contribution in [2.75, 3.05) is 5.73 Å². The third kappa shape index (κ3) is 4.89. The van der Waals surface area contributed by atoms with Gasteiger partial charge in [-0.05, 0) is 44.4 Å². The maximum Gasteiger partial charge on any atom is 0.220 e. The third-order valence-corrected chi connectivity index (χ3v) is 2.98. The average Bonchev–Trinajstić information content (AvgIpc) is 2.28. The fourth-order valence-electron chi connectivity index (χ4n) is 1.47. The Balaban J connectivity index is 2.41. The van der Waals surface area contributed by atoms with Crippen molar-refractivity contribution in [2.45, 2.75) is 45.6 Å². The number of hydrogen-bond acceptors (Lipinski definition) is 2. The molecule has 3 N–H and O–H groups in total. The predicted molar refractivity (Wildman–Crippen MR) is 71.7 cm³/mol. The van der Waals surface area contributed by atoms with Gasteiger partial charge in [0.2, 0.25) is 5.91 Å². The number of nitrogens with one attached hydrogen (secondary N) is 1. The van der Waals surface area contributed by atoms with Gasteiger partial charge in [0.25, 0.3) is 0 Å². The van der Waals surface area contributed by atoms with E-state index < -0.39 is 0 Å². The number of rotatable bonds is 5. The van der Waals surface area contributed by atoms with Gasteiger partial charge >= 0.3 is 0 Å². The summed E-state index contributed by atoms with van der Waals surface area (Å²) < 4.78 is 0. The van der Waals surface area contributed by atoms with Gasteiger partial charge in [0.05, 0.1) is 0 Å². The zero-order valence-corrected chi connectivity index (χ0v) is 10.9. The minimum atomic E-state index is -0.113. The summed E-state index contributed by atoms with van der Waals surface area (Å²) in [4.78, 5) is 11.7. The molecule has 1 rings (SSSR count). The zero-order valence-electron chi connectivity index (χ0n) is 10.9. The molecule has 0 spiro atoms. The second-order valence-corrected chi connectivity index (χ2v) is 5.03. The molecule has 1 amide bonds. The highest BCUT2D eigenvalue weighted by atomic mass is 16.1. The standard InChI is InChI=1S/C14H22N2O/c1-4-14(2,3)16-13(17)10-7-11-5-8-12(15)9-6-11/h5-6,8-9H,4,7,10,15H2,1-3H3,(H,16,17).